The average molecular weight is 288 g/mol. The van der Waals surface area contributed by atoms with Gasteiger partial charge in [0.25, 0.3) is 0 Å². The number of carbonyl (C=O) groups excluding carboxylic acids is 1. The van der Waals surface area contributed by atoms with Crippen molar-refractivity contribution in [3.8, 4) is 0 Å². The largest absolute Gasteiger partial charge is 0.355 e. The second-order valence-corrected chi connectivity index (χ2v) is 4.45. The number of anilines is 2. The van der Waals surface area contributed by atoms with Crippen molar-refractivity contribution in [2.75, 3.05) is 12.4 Å². The number of nitrogens with one attached hydrogen (secondary N) is 2. The van der Waals surface area contributed by atoms with Gasteiger partial charge in [0.05, 0.1) is 5.69 Å². The van der Waals surface area contributed by atoms with Gasteiger partial charge in [0.15, 0.2) is 0 Å². The Morgan fingerprint density at radius 3 is 2.60 bits per heavy atom. The van der Waals surface area contributed by atoms with Crippen LogP contribution in [0.25, 0.3) is 0 Å². The molecule has 1 amide bonds. The molecule has 0 spiro atoms. The molecule has 2 aromatic carbocycles. The van der Waals surface area contributed by atoms with Gasteiger partial charge in [-0.05, 0) is 30.3 Å². The van der Waals surface area contributed by atoms with E-state index in [-0.39, 0.29) is 0 Å². The number of hydrogen-bond donors (Lipinski definition) is 2. The summed E-state index contributed by atoms with van der Waals surface area (Å²) in [6.45, 7) is 0. The van der Waals surface area contributed by atoms with Crippen LogP contribution in [0.1, 0.15) is 5.56 Å². The van der Waals surface area contributed by atoms with Gasteiger partial charge < -0.3 is 10.6 Å². The van der Waals surface area contributed by atoms with Crippen molar-refractivity contribution in [3.05, 3.63) is 59.1 Å². The van der Waals surface area contributed by atoms with E-state index in [1.54, 1.807) is 19.2 Å². The number of amidine groups is 1. The van der Waals surface area contributed by atoms with E-state index in [0.717, 1.165) is 16.9 Å². The molecule has 0 unspecified atom stereocenters. The van der Waals surface area contributed by atoms with Gasteiger partial charge in [0.2, 0.25) is 6.41 Å². The maximum atomic E-state index is 10.6. The van der Waals surface area contributed by atoms with Crippen LogP contribution in [-0.2, 0) is 4.79 Å². The maximum Gasteiger partial charge on any atom is 0.212 e. The van der Waals surface area contributed by atoms with E-state index in [1.807, 2.05) is 36.4 Å². The lowest BCUT2D eigenvalue weighted by atomic mass is 10.1. The van der Waals surface area contributed by atoms with Crippen LogP contribution in [0.3, 0.4) is 0 Å². The molecule has 0 heterocycles. The summed E-state index contributed by atoms with van der Waals surface area (Å²) >= 11 is 6.04. The fraction of sp³-hybridized carbons (Fsp3) is 0.0667. The Labute approximate surface area is 122 Å². The number of aliphatic imine (C=N–C) groups is 1. The van der Waals surface area contributed by atoms with Gasteiger partial charge in [0, 0.05) is 23.3 Å². The number of carbonyl (C=O) groups is 1. The van der Waals surface area contributed by atoms with Crippen LogP contribution in [0.15, 0.2) is 53.5 Å². The highest BCUT2D eigenvalue weighted by molar-refractivity contribution is 6.31. The Hall–Kier alpha value is -2.33. The van der Waals surface area contributed by atoms with Gasteiger partial charge >= 0.3 is 0 Å². The van der Waals surface area contributed by atoms with Crippen LogP contribution in [0.5, 0.6) is 0 Å². The van der Waals surface area contributed by atoms with E-state index in [0.29, 0.717) is 17.3 Å². The first-order valence-electron chi connectivity index (χ1n) is 6.03. The summed E-state index contributed by atoms with van der Waals surface area (Å²) in [7, 11) is 1.62. The highest BCUT2D eigenvalue weighted by atomic mass is 35.5. The minimum absolute atomic E-state index is 0.482. The Bertz CT molecular complexity index is 626. The molecule has 0 bridgehead atoms. The second kappa shape index (κ2) is 6.73. The van der Waals surface area contributed by atoms with Crippen LogP contribution < -0.4 is 10.6 Å². The van der Waals surface area contributed by atoms with Gasteiger partial charge in [-0.2, -0.15) is 0 Å². The molecule has 0 atom stereocenters. The van der Waals surface area contributed by atoms with Crippen LogP contribution in [0, 0.1) is 0 Å². The van der Waals surface area contributed by atoms with Crippen molar-refractivity contribution in [1.82, 2.24) is 5.32 Å². The molecule has 2 aromatic rings. The molecule has 0 aliphatic rings. The first-order chi connectivity index (χ1) is 9.74. The zero-order chi connectivity index (χ0) is 14.4. The maximum absolute atomic E-state index is 10.6. The standard InChI is InChI=1S/C15H14ClN3O/c1-17-15(18-10-20)13-8-7-11(16)9-14(13)19-12-5-3-2-4-6-12/h2-10,19H,1H3,(H,17,18,20). The summed E-state index contributed by atoms with van der Waals surface area (Å²) in [5.74, 6) is 0.482. The van der Waals surface area contributed by atoms with Crippen LogP contribution >= 0.6 is 11.6 Å². The number of benzene rings is 2. The smallest absolute Gasteiger partial charge is 0.212 e. The molecule has 0 fully saturated rings. The number of amides is 1. The average Bonchev–Trinajstić information content (AvgIpc) is 2.47. The SMILES string of the molecule is CN=C(NC=O)c1ccc(Cl)cc1Nc1ccccc1. The molecule has 0 radical (unpaired) electrons. The molecule has 102 valence electrons. The number of rotatable bonds is 4. The highest BCUT2D eigenvalue weighted by Crippen LogP contribution is 2.25. The van der Waals surface area contributed by atoms with Crippen molar-refractivity contribution in [1.29, 1.82) is 0 Å². The monoisotopic (exact) mass is 287 g/mol. The van der Waals surface area contributed by atoms with E-state index < -0.39 is 0 Å². The summed E-state index contributed by atoms with van der Waals surface area (Å²) < 4.78 is 0. The number of hydrogen-bond acceptors (Lipinski definition) is 3. The topological polar surface area (TPSA) is 53.5 Å². The molecule has 2 rings (SSSR count). The van der Waals surface area contributed by atoms with Crippen LogP contribution in [-0.4, -0.2) is 19.3 Å². The van der Waals surface area contributed by atoms with Crippen molar-refractivity contribution in [3.63, 3.8) is 0 Å². The van der Waals surface area contributed by atoms with Crippen LogP contribution in [0.4, 0.5) is 11.4 Å². The van der Waals surface area contributed by atoms with E-state index >= 15 is 0 Å². The van der Waals surface area contributed by atoms with Crippen molar-refractivity contribution in [2.45, 2.75) is 0 Å². The van der Waals surface area contributed by atoms with Gasteiger partial charge in [-0.1, -0.05) is 29.8 Å². The Morgan fingerprint density at radius 1 is 1.20 bits per heavy atom. The summed E-state index contributed by atoms with van der Waals surface area (Å²) in [5, 5.41) is 6.45. The lowest BCUT2D eigenvalue weighted by Crippen LogP contribution is -2.23. The van der Waals surface area contributed by atoms with Crippen LogP contribution in [0.2, 0.25) is 5.02 Å². The molecule has 0 aliphatic heterocycles. The second-order valence-electron chi connectivity index (χ2n) is 4.02. The molecule has 20 heavy (non-hydrogen) atoms. The molecule has 0 aromatic heterocycles. The van der Waals surface area contributed by atoms with Crippen molar-refractivity contribution < 1.29 is 4.79 Å². The minimum atomic E-state index is 0.482. The molecule has 2 N–H and O–H groups in total. The number of nitrogens with zero attached hydrogens (tertiary/aromatic N) is 1. The molecule has 0 saturated heterocycles. The molecular weight excluding hydrogens is 274 g/mol. The predicted octanol–water partition coefficient (Wildman–Crippen LogP) is 3.21. The molecule has 0 saturated carbocycles. The lowest BCUT2D eigenvalue weighted by molar-refractivity contribution is -0.108. The first-order valence-corrected chi connectivity index (χ1v) is 6.41. The molecule has 5 heteroatoms. The fourth-order valence-electron chi connectivity index (χ4n) is 1.82. The summed E-state index contributed by atoms with van der Waals surface area (Å²) in [6.07, 6.45) is 0.600. The van der Waals surface area contributed by atoms with E-state index in [9.17, 15) is 4.79 Å². The number of halogens is 1. The normalized spacial score (nSPS) is 11.0. The molecular formula is C15H14ClN3O. The summed E-state index contributed by atoms with van der Waals surface area (Å²) in [5.41, 5.74) is 2.48. The van der Waals surface area contributed by atoms with E-state index in [4.69, 9.17) is 11.6 Å². The minimum Gasteiger partial charge on any atom is -0.355 e. The van der Waals surface area contributed by atoms with Gasteiger partial charge in [-0.3, -0.25) is 9.79 Å². The zero-order valence-corrected chi connectivity index (χ0v) is 11.7. The van der Waals surface area contributed by atoms with Gasteiger partial charge in [-0.15, -0.1) is 0 Å². The molecule has 0 aliphatic carbocycles. The molecule has 4 nitrogen and oxygen atoms in total. The van der Waals surface area contributed by atoms with Crippen molar-refractivity contribution >= 4 is 35.2 Å². The fourth-order valence-corrected chi connectivity index (χ4v) is 1.99. The predicted molar refractivity (Wildman–Crippen MR) is 82.8 cm³/mol. The summed E-state index contributed by atoms with van der Waals surface area (Å²) in [6, 6.07) is 15.1. The van der Waals surface area contributed by atoms with Gasteiger partial charge in [0.1, 0.15) is 5.84 Å². The van der Waals surface area contributed by atoms with E-state index in [1.165, 1.54) is 0 Å². The Balaban J connectivity index is 2.40. The summed E-state index contributed by atoms with van der Waals surface area (Å²) in [4.78, 5) is 14.7. The lowest BCUT2D eigenvalue weighted by Gasteiger charge is -2.13. The van der Waals surface area contributed by atoms with E-state index in [2.05, 4.69) is 15.6 Å². The third-order valence-electron chi connectivity index (χ3n) is 2.71. The van der Waals surface area contributed by atoms with Gasteiger partial charge in [-0.25, -0.2) is 0 Å². The number of para-hydroxylation sites is 1. The Kier molecular flexibility index (Phi) is 4.74. The zero-order valence-electron chi connectivity index (χ0n) is 10.9. The van der Waals surface area contributed by atoms with Crippen molar-refractivity contribution in [2.24, 2.45) is 4.99 Å². The third kappa shape index (κ3) is 3.36. The first kappa shape index (κ1) is 14.1. The Morgan fingerprint density at radius 2 is 1.95 bits per heavy atom. The third-order valence-corrected chi connectivity index (χ3v) is 2.94. The quantitative estimate of drug-likeness (QED) is 0.515. The highest BCUT2D eigenvalue weighted by Gasteiger charge is 2.09.